The van der Waals surface area contributed by atoms with E-state index >= 15 is 0 Å². The van der Waals surface area contributed by atoms with Crippen LogP contribution in [-0.4, -0.2) is 41.6 Å². The molecule has 0 aliphatic carbocycles. The highest BCUT2D eigenvalue weighted by Gasteiger charge is 2.30. The molecular formula is C14H17ClN2O3. The summed E-state index contributed by atoms with van der Waals surface area (Å²) in [6.45, 7) is 1.54. The summed E-state index contributed by atoms with van der Waals surface area (Å²) >= 11 is 6.10. The monoisotopic (exact) mass is 296 g/mol. The fraction of sp³-hybridized carbons (Fsp3) is 0.429. The third-order valence-corrected chi connectivity index (χ3v) is 3.69. The van der Waals surface area contributed by atoms with Crippen LogP contribution in [0.3, 0.4) is 0 Å². The number of hydrogen-bond acceptors (Lipinski definition) is 2. The average Bonchev–Trinajstić information content (AvgIpc) is 2.34. The standard InChI is InChI=1S/C14H17ClN2O3/c15-12-4-2-1-3-11(12)7-10-8-17(9-10)14(20)16-6-5-13(18)19/h1-4,10H,5-9H2,(H,16,20)(H,18,19). The molecule has 0 bridgehead atoms. The van der Waals surface area contributed by atoms with Crippen molar-refractivity contribution in [3.63, 3.8) is 0 Å². The molecule has 0 atom stereocenters. The second-order valence-electron chi connectivity index (χ2n) is 4.94. The Balaban J connectivity index is 1.70. The van der Waals surface area contributed by atoms with Crippen LogP contribution in [0.25, 0.3) is 0 Å². The molecule has 1 aliphatic heterocycles. The number of aliphatic carboxylic acids is 1. The largest absolute Gasteiger partial charge is 0.481 e. The van der Waals surface area contributed by atoms with Gasteiger partial charge >= 0.3 is 12.0 Å². The highest BCUT2D eigenvalue weighted by Crippen LogP contribution is 2.24. The van der Waals surface area contributed by atoms with E-state index in [2.05, 4.69) is 5.32 Å². The van der Waals surface area contributed by atoms with Crippen molar-refractivity contribution in [3.8, 4) is 0 Å². The quantitative estimate of drug-likeness (QED) is 0.873. The highest BCUT2D eigenvalue weighted by atomic mass is 35.5. The van der Waals surface area contributed by atoms with Crippen LogP contribution in [-0.2, 0) is 11.2 Å². The lowest BCUT2D eigenvalue weighted by Crippen LogP contribution is -2.54. The maximum atomic E-state index is 11.7. The van der Waals surface area contributed by atoms with Crippen molar-refractivity contribution in [1.82, 2.24) is 10.2 Å². The van der Waals surface area contributed by atoms with Gasteiger partial charge in [-0.3, -0.25) is 4.79 Å². The van der Waals surface area contributed by atoms with Gasteiger partial charge in [0.05, 0.1) is 6.42 Å². The first-order valence-electron chi connectivity index (χ1n) is 6.54. The van der Waals surface area contributed by atoms with E-state index in [1.54, 1.807) is 4.90 Å². The van der Waals surface area contributed by atoms with Gasteiger partial charge in [-0.05, 0) is 24.0 Å². The number of carbonyl (C=O) groups is 2. The summed E-state index contributed by atoms with van der Waals surface area (Å²) in [6, 6.07) is 7.52. The first-order valence-corrected chi connectivity index (χ1v) is 6.92. The van der Waals surface area contributed by atoms with Gasteiger partial charge in [0.1, 0.15) is 0 Å². The Bertz CT molecular complexity index is 501. The van der Waals surface area contributed by atoms with Gasteiger partial charge in [0.15, 0.2) is 0 Å². The fourth-order valence-corrected chi connectivity index (χ4v) is 2.44. The number of urea groups is 1. The van der Waals surface area contributed by atoms with Crippen LogP contribution in [0.15, 0.2) is 24.3 Å². The number of hydrogen-bond donors (Lipinski definition) is 2. The summed E-state index contributed by atoms with van der Waals surface area (Å²) in [7, 11) is 0. The molecule has 2 rings (SSSR count). The zero-order valence-corrected chi connectivity index (χ0v) is 11.8. The topological polar surface area (TPSA) is 69.6 Å². The molecule has 20 heavy (non-hydrogen) atoms. The van der Waals surface area contributed by atoms with Crippen LogP contribution in [0, 0.1) is 5.92 Å². The van der Waals surface area contributed by atoms with E-state index in [0.29, 0.717) is 19.0 Å². The summed E-state index contributed by atoms with van der Waals surface area (Å²) in [6.07, 6.45) is 0.807. The number of amides is 2. The van der Waals surface area contributed by atoms with Crippen LogP contribution in [0.2, 0.25) is 5.02 Å². The molecule has 1 heterocycles. The molecule has 0 spiro atoms. The zero-order chi connectivity index (χ0) is 14.5. The van der Waals surface area contributed by atoms with Crippen LogP contribution in [0.1, 0.15) is 12.0 Å². The Labute approximate surface area is 122 Å². The molecule has 108 valence electrons. The predicted molar refractivity (Wildman–Crippen MR) is 75.9 cm³/mol. The number of carbonyl (C=O) groups excluding carboxylic acids is 1. The minimum atomic E-state index is -0.912. The van der Waals surface area contributed by atoms with Crippen molar-refractivity contribution in [1.29, 1.82) is 0 Å². The Morgan fingerprint density at radius 2 is 2.05 bits per heavy atom. The van der Waals surface area contributed by atoms with E-state index in [-0.39, 0.29) is 19.0 Å². The summed E-state index contributed by atoms with van der Waals surface area (Å²) < 4.78 is 0. The number of halogens is 1. The van der Waals surface area contributed by atoms with E-state index in [1.165, 1.54) is 0 Å². The van der Waals surface area contributed by atoms with E-state index in [4.69, 9.17) is 16.7 Å². The van der Waals surface area contributed by atoms with E-state index in [0.717, 1.165) is 17.0 Å². The Morgan fingerprint density at radius 1 is 1.35 bits per heavy atom. The second kappa shape index (κ2) is 6.61. The molecule has 1 aromatic rings. The molecule has 6 heteroatoms. The second-order valence-corrected chi connectivity index (χ2v) is 5.35. The molecule has 1 fully saturated rings. The van der Waals surface area contributed by atoms with Crippen molar-refractivity contribution >= 4 is 23.6 Å². The third kappa shape index (κ3) is 3.87. The minimum absolute atomic E-state index is 0.0529. The molecule has 2 amide bonds. The van der Waals surface area contributed by atoms with Crippen LogP contribution >= 0.6 is 11.6 Å². The van der Waals surface area contributed by atoms with E-state index in [9.17, 15) is 9.59 Å². The molecular weight excluding hydrogens is 280 g/mol. The Kier molecular flexibility index (Phi) is 4.84. The lowest BCUT2D eigenvalue weighted by atomic mass is 9.92. The van der Waals surface area contributed by atoms with Gasteiger partial charge in [0.2, 0.25) is 0 Å². The lowest BCUT2D eigenvalue weighted by Gasteiger charge is -2.39. The van der Waals surface area contributed by atoms with Gasteiger partial charge in [0, 0.05) is 24.7 Å². The molecule has 1 saturated heterocycles. The predicted octanol–water partition coefficient (Wildman–Crippen LogP) is 2.00. The van der Waals surface area contributed by atoms with Crippen LogP contribution in [0.4, 0.5) is 4.79 Å². The molecule has 2 N–H and O–H groups in total. The average molecular weight is 297 g/mol. The maximum Gasteiger partial charge on any atom is 0.317 e. The number of benzene rings is 1. The summed E-state index contributed by atoms with van der Waals surface area (Å²) in [5.74, 6) is -0.495. The minimum Gasteiger partial charge on any atom is -0.481 e. The molecule has 0 unspecified atom stereocenters. The molecule has 1 aliphatic rings. The van der Waals surface area contributed by atoms with E-state index < -0.39 is 5.97 Å². The summed E-state index contributed by atoms with van der Waals surface area (Å²) in [5, 5.41) is 11.8. The van der Waals surface area contributed by atoms with Crippen molar-refractivity contribution < 1.29 is 14.7 Å². The van der Waals surface area contributed by atoms with Crippen molar-refractivity contribution in [3.05, 3.63) is 34.9 Å². The number of carboxylic acid groups (broad SMARTS) is 1. The van der Waals surface area contributed by atoms with Crippen molar-refractivity contribution in [2.75, 3.05) is 19.6 Å². The molecule has 0 saturated carbocycles. The van der Waals surface area contributed by atoms with Gasteiger partial charge in [-0.15, -0.1) is 0 Å². The number of nitrogens with zero attached hydrogens (tertiary/aromatic N) is 1. The summed E-state index contributed by atoms with van der Waals surface area (Å²) in [5.41, 5.74) is 1.10. The molecule has 0 radical (unpaired) electrons. The van der Waals surface area contributed by atoms with Crippen molar-refractivity contribution in [2.45, 2.75) is 12.8 Å². The fourth-order valence-electron chi connectivity index (χ4n) is 2.23. The Morgan fingerprint density at radius 3 is 2.70 bits per heavy atom. The van der Waals surface area contributed by atoms with Gasteiger partial charge in [-0.25, -0.2) is 4.79 Å². The SMILES string of the molecule is O=C(O)CCNC(=O)N1CC(Cc2ccccc2Cl)C1. The van der Waals surface area contributed by atoms with Crippen LogP contribution < -0.4 is 5.32 Å². The third-order valence-electron chi connectivity index (χ3n) is 3.33. The maximum absolute atomic E-state index is 11.7. The first kappa shape index (κ1) is 14.7. The van der Waals surface area contributed by atoms with Crippen molar-refractivity contribution in [2.24, 2.45) is 5.92 Å². The first-order chi connectivity index (χ1) is 9.56. The van der Waals surface area contributed by atoms with Gasteiger partial charge < -0.3 is 15.3 Å². The van der Waals surface area contributed by atoms with Crippen LogP contribution in [0.5, 0.6) is 0 Å². The summed E-state index contributed by atoms with van der Waals surface area (Å²) in [4.78, 5) is 23.7. The highest BCUT2D eigenvalue weighted by molar-refractivity contribution is 6.31. The molecule has 0 aromatic heterocycles. The zero-order valence-electron chi connectivity index (χ0n) is 11.0. The Hall–Kier alpha value is -1.75. The lowest BCUT2D eigenvalue weighted by molar-refractivity contribution is -0.136. The number of rotatable bonds is 5. The normalized spacial score (nSPS) is 14.8. The van der Waals surface area contributed by atoms with E-state index in [1.807, 2.05) is 24.3 Å². The van der Waals surface area contributed by atoms with Gasteiger partial charge in [0.25, 0.3) is 0 Å². The number of nitrogens with one attached hydrogen (secondary N) is 1. The molecule has 5 nitrogen and oxygen atoms in total. The smallest absolute Gasteiger partial charge is 0.317 e. The number of carboxylic acids is 1. The van der Waals surface area contributed by atoms with Gasteiger partial charge in [-0.2, -0.15) is 0 Å². The van der Waals surface area contributed by atoms with Gasteiger partial charge in [-0.1, -0.05) is 29.8 Å². The molecule has 1 aromatic carbocycles. The number of likely N-dealkylation sites (tertiary alicyclic amines) is 1.